The van der Waals surface area contributed by atoms with Crippen molar-refractivity contribution in [1.29, 1.82) is 10.8 Å². The minimum absolute atomic E-state index is 0.269. The summed E-state index contributed by atoms with van der Waals surface area (Å²) >= 11 is 0. The first-order valence-electron chi connectivity index (χ1n) is 8.39. The highest BCUT2D eigenvalue weighted by Crippen LogP contribution is 2.23. The standard InChI is InChI=1S/C18H23N7O/c1-22-11-13(10-19)12-2-3-15(20)14(8-12)18(21)16-9-17(24-23-16)25-4-6-26-7-5-25/h2-3,8-11,19,21-22H,4-7,20H2,1H3,(H,23,24)/b13-11+,19-10?,21-18?. The predicted molar refractivity (Wildman–Crippen MR) is 104 cm³/mol. The Morgan fingerprint density at radius 1 is 1.35 bits per heavy atom. The zero-order valence-electron chi connectivity index (χ0n) is 14.7. The van der Waals surface area contributed by atoms with Gasteiger partial charge in [-0.25, -0.2) is 0 Å². The van der Waals surface area contributed by atoms with E-state index in [1.165, 1.54) is 6.21 Å². The Bertz CT molecular complexity index is 834. The number of H-pyrrole nitrogens is 1. The molecule has 0 radical (unpaired) electrons. The minimum Gasteiger partial charge on any atom is -0.398 e. The summed E-state index contributed by atoms with van der Waals surface area (Å²) in [6, 6.07) is 7.28. The van der Waals surface area contributed by atoms with Crippen LogP contribution >= 0.6 is 0 Å². The molecule has 1 aliphatic rings. The third kappa shape index (κ3) is 3.60. The summed E-state index contributed by atoms with van der Waals surface area (Å²) in [5.41, 5.74) is 9.60. The Morgan fingerprint density at radius 2 is 2.12 bits per heavy atom. The summed E-state index contributed by atoms with van der Waals surface area (Å²) in [5.74, 6) is 0.804. The molecule has 0 bridgehead atoms. The number of nitrogens with zero attached hydrogens (tertiary/aromatic N) is 2. The maximum atomic E-state index is 8.55. The number of nitrogens with two attached hydrogens (primary N) is 1. The molecule has 6 N–H and O–H groups in total. The quantitative estimate of drug-likeness (QED) is 0.397. The van der Waals surface area contributed by atoms with Crippen LogP contribution in [0.2, 0.25) is 0 Å². The van der Waals surface area contributed by atoms with Gasteiger partial charge in [0.15, 0.2) is 5.82 Å². The second kappa shape index (κ2) is 7.83. The molecule has 0 saturated carbocycles. The summed E-state index contributed by atoms with van der Waals surface area (Å²) < 4.78 is 5.36. The van der Waals surface area contributed by atoms with Gasteiger partial charge in [0.2, 0.25) is 0 Å². The lowest BCUT2D eigenvalue weighted by Crippen LogP contribution is -2.36. The van der Waals surface area contributed by atoms with Gasteiger partial charge in [0.25, 0.3) is 0 Å². The third-order valence-electron chi connectivity index (χ3n) is 4.28. The molecule has 0 aliphatic carbocycles. The molecule has 8 heteroatoms. The van der Waals surface area contributed by atoms with Crippen LogP contribution in [0.3, 0.4) is 0 Å². The molecule has 26 heavy (non-hydrogen) atoms. The van der Waals surface area contributed by atoms with Crippen molar-refractivity contribution in [1.82, 2.24) is 15.5 Å². The van der Waals surface area contributed by atoms with Crippen LogP contribution in [0.5, 0.6) is 0 Å². The van der Waals surface area contributed by atoms with Gasteiger partial charge in [-0.2, -0.15) is 5.10 Å². The molecular weight excluding hydrogens is 330 g/mol. The second-order valence-electron chi connectivity index (χ2n) is 5.95. The van der Waals surface area contributed by atoms with Crippen molar-refractivity contribution in [3.63, 3.8) is 0 Å². The molecule has 3 rings (SSSR count). The van der Waals surface area contributed by atoms with E-state index in [9.17, 15) is 0 Å². The molecule has 1 fully saturated rings. The van der Waals surface area contributed by atoms with Crippen molar-refractivity contribution < 1.29 is 4.74 Å². The van der Waals surface area contributed by atoms with Gasteiger partial charge in [0.05, 0.1) is 24.6 Å². The van der Waals surface area contributed by atoms with Crippen LogP contribution in [0.25, 0.3) is 5.57 Å². The fraction of sp³-hybridized carbons (Fsp3) is 0.278. The molecule has 0 spiro atoms. The fourth-order valence-electron chi connectivity index (χ4n) is 2.85. The Balaban J connectivity index is 1.89. The van der Waals surface area contributed by atoms with Crippen LogP contribution in [0, 0.1) is 10.8 Å². The van der Waals surface area contributed by atoms with Gasteiger partial charge in [-0.1, -0.05) is 6.07 Å². The van der Waals surface area contributed by atoms with Crippen LogP contribution in [0.15, 0.2) is 30.5 Å². The lowest BCUT2D eigenvalue weighted by molar-refractivity contribution is 0.122. The largest absolute Gasteiger partial charge is 0.398 e. The molecule has 8 nitrogen and oxygen atoms in total. The van der Waals surface area contributed by atoms with Crippen LogP contribution < -0.4 is 16.0 Å². The third-order valence-corrected chi connectivity index (χ3v) is 4.28. The van der Waals surface area contributed by atoms with E-state index >= 15 is 0 Å². The van der Waals surface area contributed by atoms with Gasteiger partial charge in [0.1, 0.15) is 0 Å². The molecule has 1 aliphatic heterocycles. The maximum Gasteiger partial charge on any atom is 0.151 e. The number of rotatable bonds is 6. The van der Waals surface area contributed by atoms with Crippen LogP contribution in [-0.2, 0) is 4.74 Å². The van der Waals surface area contributed by atoms with E-state index in [1.54, 1.807) is 19.3 Å². The number of ether oxygens (including phenoxy) is 1. The van der Waals surface area contributed by atoms with Crippen LogP contribution in [-0.4, -0.2) is 55.5 Å². The van der Waals surface area contributed by atoms with Crippen molar-refractivity contribution in [2.75, 3.05) is 44.0 Å². The molecule has 2 heterocycles. The first-order valence-corrected chi connectivity index (χ1v) is 8.39. The number of hydrogen-bond donors (Lipinski definition) is 5. The second-order valence-corrected chi connectivity index (χ2v) is 5.95. The number of nitrogens with one attached hydrogen (secondary N) is 4. The predicted octanol–water partition coefficient (Wildman–Crippen LogP) is 1.45. The minimum atomic E-state index is 0.269. The molecule has 1 aromatic carbocycles. The number of anilines is 2. The van der Waals surface area contributed by atoms with Gasteiger partial charge < -0.3 is 26.1 Å². The van der Waals surface area contributed by atoms with Gasteiger partial charge in [-0.3, -0.25) is 10.5 Å². The van der Waals surface area contributed by atoms with E-state index in [0.717, 1.165) is 24.5 Å². The van der Waals surface area contributed by atoms with Crippen molar-refractivity contribution >= 4 is 29.0 Å². The van der Waals surface area contributed by atoms with Crippen molar-refractivity contribution in [2.45, 2.75) is 0 Å². The Morgan fingerprint density at radius 3 is 2.81 bits per heavy atom. The first kappa shape index (κ1) is 17.7. The lowest BCUT2D eigenvalue weighted by Gasteiger charge is -2.26. The SMILES string of the molecule is CN/C=C(\C=N)c1ccc(N)c(C(=N)c2cc(N3CCOCC3)n[nH]2)c1. The molecule has 0 unspecified atom stereocenters. The van der Waals surface area contributed by atoms with Crippen molar-refractivity contribution in [3.05, 3.63) is 47.3 Å². The van der Waals surface area contributed by atoms with E-state index in [4.69, 9.17) is 21.3 Å². The fourth-order valence-corrected chi connectivity index (χ4v) is 2.85. The van der Waals surface area contributed by atoms with E-state index in [-0.39, 0.29) is 5.71 Å². The summed E-state index contributed by atoms with van der Waals surface area (Å²) in [5, 5.41) is 26.3. The molecule has 0 atom stereocenters. The van der Waals surface area contributed by atoms with Gasteiger partial charge >= 0.3 is 0 Å². The molecule has 136 valence electrons. The number of hydrogen-bond acceptors (Lipinski definition) is 7. The number of allylic oxidation sites excluding steroid dienone is 1. The zero-order valence-corrected chi connectivity index (χ0v) is 14.7. The highest BCUT2D eigenvalue weighted by atomic mass is 16.5. The Hall–Kier alpha value is -3.13. The van der Waals surface area contributed by atoms with E-state index in [1.807, 2.05) is 18.2 Å². The van der Waals surface area contributed by atoms with E-state index < -0.39 is 0 Å². The normalized spacial score (nSPS) is 15.0. The highest BCUT2D eigenvalue weighted by molar-refractivity contribution is 6.15. The average Bonchev–Trinajstić information content (AvgIpc) is 3.17. The van der Waals surface area contributed by atoms with E-state index in [0.29, 0.717) is 35.7 Å². The smallest absolute Gasteiger partial charge is 0.151 e. The van der Waals surface area contributed by atoms with Gasteiger partial charge in [-0.15, -0.1) is 0 Å². The highest BCUT2D eigenvalue weighted by Gasteiger charge is 2.17. The maximum absolute atomic E-state index is 8.55. The molecule has 1 saturated heterocycles. The summed E-state index contributed by atoms with van der Waals surface area (Å²) in [4.78, 5) is 2.12. The number of morpholine rings is 1. The lowest BCUT2D eigenvalue weighted by atomic mass is 9.99. The summed E-state index contributed by atoms with van der Waals surface area (Å²) in [6.07, 6.45) is 3.00. The number of benzene rings is 1. The zero-order chi connectivity index (χ0) is 18.5. The number of aromatic nitrogens is 2. The van der Waals surface area contributed by atoms with Gasteiger partial charge in [-0.05, 0) is 17.7 Å². The molecule has 0 amide bonds. The Labute approximate surface area is 152 Å². The van der Waals surface area contributed by atoms with Gasteiger partial charge in [0, 0.05) is 55.4 Å². The van der Waals surface area contributed by atoms with Crippen molar-refractivity contribution in [2.24, 2.45) is 0 Å². The number of nitrogen functional groups attached to an aromatic ring is 1. The topological polar surface area (TPSA) is 127 Å². The summed E-state index contributed by atoms with van der Waals surface area (Å²) in [7, 11) is 1.78. The first-order chi connectivity index (χ1) is 12.6. The molecule has 1 aromatic heterocycles. The van der Waals surface area contributed by atoms with E-state index in [2.05, 4.69) is 20.4 Å². The molecule has 2 aromatic rings. The van der Waals surface area contributed by atoms with Crippen molar-refractivity contribution in [3.8, 4) is 0 Å². The van der Waals surface area contributed by atoms with Crippen LogP contribution in [0.1, 0.15) is 16.8 Å². The summed E-state index contributed by atoms with van der Waals surface area (Å²) in [6.45, 7) is 2.93. The van der Waals surface area contributed by atoms with Crippen LogP contribution in [0.4, 0.5) is 11.5 Å². The number of aromatic amines is 1. The Kier molecular flexibility index (Phi) is 5.33. The average molecular weight is 353 g/mol. The molecular formula is C18H23N7O. The monoisotopic (exact) mass is 353 g/mol.